The molecule has 1 N–H and O–H groups in total. The molecule has 31 heavy (non-hydrogen) atoms. The average Bonchev–Trinajstić information content (AvgIpc) is 3.31. The lowest BCUT2D eigenvalue weighted by Crippen LogP contribution is -2.55. The lowest BCUT2D eigenvalue weighted by Gasteiger charge is -2.44. The van der Waals surface area contributed by atoms with Crippen molar-refractivity contribution in [3.63, 3.8) is 0 Å². The minimum Gasteiger partial charge on any atom is -0.453 e. The van der Waals surface area contributed by atoms with Gasteiger partial charge in [0, 0.05) is 26.5 Å². The maximum atomic E-state index is 13.4. The van der Waals surface area contributed by atoms with Gasteiger partial charge in [0.1, 0.15) is 5.75 Å². The van der Waals surface area contributed by atoms with E-state index in [2.05, 4.69) is 21.2 Å². The summed E-state index contributed by atoms with van der Waals surface area (Å²) < 4.78 is 7.30. The van der Waals surface area contributed by atoms with Gasteiger partial charge in [-0.25, -0.2) is 5.01 Å². The van der Waals surface area contributed by atoms with Gasteiger partial charge in [-0.3, -0.25) is 4.79 Å². The van der Waals surface area contributed by atoms with Crippen LogP contribution in [0.4, 0.5) is 5.69 Å². The molecule has 1 amide bonds. The van der Waals surface area contributed by atoms with Gasteiger partial charge in [0.05, 0.1) is 23.0 Å². The molecule has 1 spiro atoms. The topological polar surface area (TPSA) is 53.9 Å². The summed E-state index contributed by atoms with van der Waals surface area (Å²) in [5.74, 6) is 0.355. The van der Waals surface area contributed by atoms with Crippen molar-refractivity contribution < 1.29 is 9.53 Å². The van der Waals surface area contributed by atoms with Crippen LogP contribution < -0.4 is 10.1 Å². The van der Waals surface area contributed by atoms with Gasteiger partial charge in [-0.15, -0.1) is 0 Å². The molecule has 0 unspecified atom stereocenters. The van der Waals surface area contributed by atoms with Crippen LogP contribution in [0.2, 0.25) is 10.0 Å². The van der Waals surface area contributed by atoms with Crippen LogP contribution in [0, 0.1) is 0 Å². The average molecular weight is 515 g/mol. The summed E-state index contributed by atoms with van der Waals surface area (Å²) in [5, 5.41) is 10.9. The lowest BCUT2D eigenvalue weighted by molar-refractivity contribution is -0.161. The molecule has 8 heteroatoms. The van der Waals surface area contributed by atoms with Crippen molar-refractivity contribution in [2.24, 2.45) is 5.10 Å². The molecule has 2 atom stereocenters. The molecule has 3 aromatic carbocycles. The van der Waals surface area contributed by atoms with E-state index in [9.17, 15) is 4.79 Å². The van der Waals surface area contributed by atoms with Crippen molar-refractivity contribution in [2.75, 3.05) is 5.32 Å². The fourth-order valence-electron chi connectivity index (χ4n) is 4.50. The first-order valence-corrected chi connectivity index (χ1v) is 11.2. The minimum absolute atomic E-state index is 0.205. The minimum atomic E-state index is -1.40. The van der Waals surface area contributed by atoms with Crippen LogP contribution in [0.1, 0.15) is 29.2 Å². The maximum absolute atomic E-state index is 13.4. The molecule has 0 radical (unpaired) electrons. The van der Waals surface area contributed by atoms with Crippen molar-refractivity contribution in [3.05, 3.63) is 91.9 Å². The van der Waals surface area contributed by atoms with Crippen LogP contribution in [-0.4, -0.2) is 16.6 Å². The van der Waals surface area contributed by atoms with Crippen LogP contribution in [-0.2, 0) is 10.5 Å². The summed E-state index contributed by atoms with van der Waals surface area (Å²) >= 11 is 15.9. The van der Waals surface area contributed by atoms with Gasteiger partial charge in [0.2, 0.25) is 0 Å². The number of hydrogen-bond donors (Lipinski definition) is 1. The van der Waals surface area contributed by atoms with E-state index in [1.807, 2.05) is 54.6 Å². The fourth-order valence-corrected chi connectivity index (χ4v) is 5.17. The SMILES string of the molecule is O=C1Nc2ccc(Br)cc2[C@]12Oc1ccc(Cl)cc1[C@H]1CC(c3ccc(Cl)cc3)=NN12. The zero-order chi connectivity index (χ0) is 21.3. The zero-order valence-corrected chi connectivity index (χ0v) is 19.0. The van der Waals surface area contributed by atoms with E-state index < -0.39 is 5.72 Å². The van der Waals surface area contributed by atoms with E-state index in [0.29, 0.717) is 27.9 Å². The number of carbonyl (C=O) groups is 1. The molecule has 0 aromatic heterocycles. The summed E-state index contributed by atoms with van der Waals surface area (Å²) in [7, 11) is 0. The van der Waals surface area contributed by atoms with E-state index in [0.717, 1.165) is 26.9 Å². The highest BCUT2D eigenvalue weighted by molar-refractivity contribution is 9.10. The Labute approximate surface area is 196 Å². The van der Waals surface area contributed by atoms with Crippen LogP contribution >= 0.6 is 39.1 Å². The summed E-state index contributed by atoms with van der Waals surface area (Å²) in [6, 6.07) is 18.5. The molecule has 0 bridgehead atoms. The molecular weight excluding hydrogens is 501 g/mol. The number of ether oxygens (including phenoxy) is 1. The third-order valence-corrected chi connectivity index (χ3v) is 6.88. The summed E-state index contributed by atoms with van der Waals surface area (Å²) in [6.07, 6.45) is 0.608. The molecule has 5 nitrogen and oxygen atoms in total. The second kappa shape index (κ2) is 6.73. The molecule has 0 aliphatic carbocycles. The van der Waals surface area contributed by atoms with Crippen molar-refractivity contribution in [1.29, 1.82) is 0 Å². The van der Waals surface area contributed by atoms with Gasteiger partial charge in [0.25, 0.3) is 5.91 Å². The van der Waals surface area contributed by atoms with Gasteiger partial charge >= 0.3 is 5.72 Å². The molecule has 6 rings (SSSR count). The standard InChI is InChI=1S/C23H14BrCl2N3O2/c24-13-3-7-18-17(9-13)23(22(30)27-18)29-20(16-10-15(26)6-8-21(16)31-23)11-19(28-29)12-1-4-14(25)5-2-12/h1-10,20H,11H2,(H,27,30)/t20-,23+/m1/s1. The van der Waals surface area contributed by atoms with Gasteiger partial charge in [0.15, 0.2) is 0 Å². The van der Waals surface area contributed by atoms with Gasteiger partial charge < -0.3 is 10.1 Å². The van der Waals surface area contributed by atoms with E-state index >= 15 is 0 Å². The summed E-state index contributed by atoms with van der Waals surface area (Å²) in [6.45, 7) is 0. The zero-order valence-electron chi connectivity index (χ0n) is 15.9. The normalized spacial score (nSPS) is 23.1. The van der Waals surface area contributed by atoms with Crippen molar-refractivity contribution >= 4 is 56.4 Å². The number of hydrazone groups is 1. The van der Waals surface area contributed by atoms with E-state index in [4.69, 9.17) is 33.0 Å². The molecule has 3 aliphatic heterocycles. The first kappa shape index (κ1) is 19.2. The second-order valence-corrected chi connectivity index (χ2v) is 9.48. The Hall–Kier alpha value is -2.54. The van der Waals surface area contributed by atoms with E-state index in [-0.39, 0.29) is 11.9 Å². The summed E-state index contributed by atoms with van der Waals surface area (Å²) in [5.41, 5.74) is 2.73. The lowest BCUT2D eigenvalue weighted by atomic mass is 9.92. The Morgan fingerprint density at radius 3 is 2.65 bits per heavy atom. The molecule has 0 saturated heterocycles. The third-order valence-electron chi connectivity index (χ3n) is 5.90. The Morgan fingerprint density at radius 1 is 1.06 bits per heavy atom. The highest BCUT2D eigenvalue weighted by Gasteiger charge is 2.61. The number of fused-ring (bicyclic) bond motifs is 6. The number of nitrogens with zero attached hydrogens (tertiary/aromatic N) is 2. The predicted octanol–water partition coefficient (Wildman–Crippen LogP) is 6.10. The molecular formula is C23H14BrCl2N3O2. The number of carbonyl (C=O) groups excluding carboxylic acids is 1. The molecule has 154 valence electrons. The number of benzene rings is 3. The van der Waals surface area contributed by atoms with Crippen LogP contribution in [0.25, 0.3) is 0 Å². The molecule has 3 aliphatic rings. The molecule has 3 aromatic rings. The van der Waals surface area contributed by atoms with Crippen LogP contribution in [0.3, 0.4) is 0 Å². The van der Waals surface area contributed by atoms with Crippen LogP contribution in [0.15, 0.2) is 70.2 Å². The van der Waals surface area contributed by atoms with Crippen molar-refractivity contribution in [2.45, 2.75) is 18.2 Å². The van der Waals surface area contributed by atoms with Gasteiger partial charge in [-0.05, 0) is 54.1 Å². The Balaban J connectivity index is 1.58. The quantitative estimate of drug-likeness (QED) is 0.426. The van der Waals surface area contributed by atoms with Crippen molar-refractivity contribution in [1.82, 2.24) is 5.01 Å². The Bertz CT molecular complexity index is 1290. The first-order chi connectivity index (χ1) is 15.0. The second-order valence-electron chi connectivity index (χ2n) is 7.69. The van der Waals surface area contributed by atoms with Crippen LogP contribution in [0.5, 0.6) is 5.75 Å². The highest BCUT2D eigenvalue weighted by Crippen LogP contribution is 2.54. The Morgan fingerprint density at radius 2 is 1.84 bits per heavy atom. The van der Waals surface area contributed by atoms with E-state index in [1.165, 1.54) is 0 Å². The Kier molecular flexibility index (Phi) is 4.16. The predicted molar refractivity (Wildman–Crippen MR) is 124 cm³/mol. The number of hydrogen-bond acceptors (Lipinski definition) is 4. The monoisotopic (exact) mass is 513 g/mol. The first-order valence-electron chi connectivity index (χ1n) is 9.68. The molecule has 0 saturated carbocycles. The number of nitrogens with one attached hydrogen (secondary N) is 1. The fraction of sp³-hybridized carbons (Fsp3) is 0.130. The van der Waals surface area contributed by atoms with Gasteiger partial charge in [-0.2, -0.15) is 5.10 Å². The van der Waals surface area contributed by atoms with Gasteiger partial charge in [-0.1, -0.05) is 51.3 Å². The maximum Gasteiger partial charge on any atom is 0.306 e. The number of rotatable bonds is 1. The van der Waals surface area contributed by atoms with E-state index in [1.54, 1.807) is 11.1 Å². The number of anilines is 1. The summed E-state index contributed by atoms with van der Waals surface area (Å²) in [4.78, 5) is 13.4. The molecule has 3 heterocycles. The number of amides is 1. The smallest absolute Gasteiger partial charge is 0.306 e. The third kappa shape index (κ3) is 2.75. The van der Waals surface area contributed by atoms with Crippen molar-refractivity contribution in [3.8, 4) is 5.75 Å². The highest BCUT2D eigenvalue weighted by atomic mass is 79.9. The largest absolute Gasteiger partial charge is 0.453 e. The number of halogens is 3. The molecule has 0 fully saturated rings.